The molecule has 0 radical (unpaired) electrons. The predicted octanol–water partition coefficient (Wildman–Crippen LogP) is 3.27. The summed E-state index contributed by atoms with van der Waals surface area (Å²) in [7, 11) is 0. The second-order valence-corrected chi connectivity index (χ2v) is 11.3. The van der Waals surface area contributed by atoms with Crippen LogP contribution in [-0.2, 0) is 39.5 Å². The first-order valence-corrected chi connectivity index (χ1v) is 14.5. The zero-order valence-corrected chi connectivity index (χ0v) is 24.3. The molecule has 224 valence electrons. The first-order valence-electron chi connectivity index (χ1n) is 14.5. The molecule has 3 aromatic rings. The van der Waals surface area contributed by atoms with Crippen LogP contribution in [0.25, 0.3) is 0 Å². The SMILES string of the molecule is C[C@H](O)C(=O)Nc1cccc(CN2C(=O)[C@@](O)([C@@H](C)/C=C/CC(=O)N3Cc4ccccc4C[C@H]3CO)c3ccccc32)c1. The second kappa shape index (κ2) is 12.5. The number of aliphatic hydroxyl groups excluding tert-OH is 2. The number of nitrogens with one attached hydrogen (secondary N) is 1. The van der Waals surface area contributed by atoms with E-state index in [9.17, 15) is 29.7 Å². The Bertz CT molecular complexity index is 1550. The highest BCUT2D eigenvalue weighted by Gasteiger charge is 2.52. The molecule has 3 aromatic carbocycles. The summed E-state index contributed by atoms with van der Waals surface area (Å²) in [6, 6.07) is 21.7. The maximum atomic E-state index is 13.9. The highest BCUT2D eigenvalue weighted by Crippen LogP contribution is 2.45. The van der Waals surface area contributed by atoms with Crippen molar-refractivity contribution < 1.29 is 29.7 Å². The number of benzene rings is 3. The first-order chi connectivity index (χ1) is 20.6. The van der Waals surface area contributed by atoms with Crippen LogP contribution in [0.3, 0.4) is 0 Å². The van der Waals surface area contributed by atoms with Crippen LogP contribution in [0.15, 0.2) is 84.9 Å². The van der Waals surface area contributed by atoms with Crippen LogP contribution in [0.4, 0.5) is 11.4 Å². The van der Waals surface area contributed by atoms with Gasteiger partial charge in [0, 0.05) is 30.1 Å². The van der Waals surface area contributed by atoms with Crippen LogP contribution in [0.2, 0.25) is 0 Å². The van der Waals surface area contributed by atoms with Gasteiger partial charge >= 0.3 is 0 Å². The van der Waals surface area contributed by atoms with Crippen molar-refractivity contribution >= 4 is 29.1 Å². The summed E-state index contributed by atoms with van der Waals surface area (Å²) < 4.78 is 0. The minimum Gasteiger partial charge on any atom is -0.394 e. The Morgan fingerprint density at radius 1 is 1.05 bits per heavy atom. The summed E-state index contributed by atoms with van der Waals surface area (Å²) in [4.78, 5) is 42.2. The van der Waals surface area contributed by atoms with Crippen LogP contribution in [-0.4, -0.2) is 56.7 Å². The molecule has 9 heteroatoms. The van der Waals surface area contributed by atoms with E-state index in [1.165, 1.54) is 11.8 Å². The van der Waals surface area contributed by atoms with Crippen molar-refractivity contribution in [2.24, 2.45) is 5.92 Å². The standard InChI is InChI=1S/C34H37N3O6/c1-22(9-7-16-31(40)36-20-26-12-4-3-11-25(26)18-28(36)21-38)34(43)29-14-5-6-15-30(29)37(33(34)42)19-24-10-8-13-27(17-24)35-32(41)23(2)39/h3-15,17,22-23,28,38-39,43H,16,18-21H2,1-2H3,(H,35,41)/b9-7+/t22-,23-,28-,34+/m0/s1. The molecule has 9 nitrogen and oxygen atoms in total. The highest BCUT2D eigenvalue weighted by atomic mass is 16.3. The van der Waals surface area contributed by atoms with Gasteiger partial charge in [-0.1, -0.05) is 73.7 Å². The van der Waals surface area contributed by atoms with Crippen molar-refractivity contribution in [3.8, 4) is 0 Å². The summed E-state index contributed by atoms with van der Waals surface area (Å²) in [6.45, 7) is 3.59. The first kappa shape index (κ1) is 30.2. The molecule has 0 bridgehead atoms. The fraction of sp³-hybridized carbons (Fsp3) is 0.324. The van der Waals surface area contributed by atoms with E-state index in [0.717, 1.165) is 16.7 Å². The third-order valence-corrected chi connectivity index (χ3v) is 8.35. The molecule has 0 unspecified atom stereocenters. The normalized spacial score (nSPS) is 21.0. The molecular formula is C34H37N3O6. The molecule has 0 saturated heterocycles. The molecule has 3 amide bonds. The summed E-state index contributed by atoms with van der Waals surface area (Å²) >= 11 is 0. The Hall–Kier alpha value is -4.31. The van der Waals surface area contributed by atoms with E-state index in [1.54, 1.807) is 66.4 Å². The molecule has 5 rings (SSSR count). The van der Waals surface area contributed by atoms with E-state index in [2.05, 4.69) is 5.32 Å². The summed E-state index contributed by atoms with van der Waals surface area (Å²) in [5, 5.41) is 34.0. The Balaban J connectivity index is 1.31. The number of carbonyl (C=O) groups is 3. The molecule has 0 spiro atoms. The highest BCUT2D eigenvalue weighted by molar-refractivity contribution is 6.07. The average molecular weight is 584 g/mol. The van der Waals surface area contributed by atoms with Crippen molar-refractivity contribution in [2.75, 3.05) is 16.8 Å². The Morgan fingerprint density at radius 3 is 2.51 bits per heavy atom. The van der Waals surface area contributed by atoms with Gasteiger partial charge in [0.05, 0.1) is 24.9 Å². The van der Waals surface area contributed by atoms with Gasteiger partial charge in [0.2, 0.25) is 5.91 Å². The van der Waals surface area contributed by atoms with Gasteiger partial charge in [-0.2, -0.15) is 0 Å². The fourth-order valence-corrected chi connectivity index (χ4v) is 5.91. The molecule has 0 aliphatic carbocycles. The van der Waals surface area contributed by atoms with E-state index >= 15 is 0 Å². The number of fused-ring (bicyclic) bond motifs is 2. The lowest BCUT2D eigenvalue weighted by molar-refractivity contribution is -0.139. The van der Waals surface area contributed by atoms with E-state index < -0.39 is 29.4 Å². The summed E-state index contributed by atoms with van der Waals surface area (Å²) in [5.41, 5.74) is 2.64. The molecule has 2 heterocycles. The van der Waals surface area contributed by atoms with Gasteiger partial charge in [0.25, 0.3) is 11.8 Å². The van der Waals surface area contributed by atoms with Gasteiger partial charge in [-0.15, -0.1) is 0 Å². The lowest BCUT2D eigenvalue weighted by Gasteiger charge is -2.36. The van der Waals surface area contributed by atoms with Gasteiger partial charge in [-0.3, -0.25) is 14.4 Å². The van der Waals surface area contributed by atoms with Crippen LogP contribution < -0.4 is 10.2 Å². The fourth-order valence-electron chi connectivity index (χ4n) is 5.91. The van der Waals surface area contributed by atoms with Gasteiger partial charge < -0.3 is 30.4 Å². The molecular weight excluding hydrogens is 546 g/mol. The number of amides is 3. The quantitative estimate of drug-likeness (QED) is 0.286. The molecule has 0 saturated carbocycles. The van der Waals surface area contributed by atoms with Gasteiger partial charge in [0.1, 0.15) is 6.10 Å². The third kappa shape index (κ3) is 5.97. The lowest BCUT2D eigenvalue weighted by atomic mass is 9.83. The maximum Gasteiger partial charge on any atom is 0.264 e. The Morgan fingerprint density at radius 2 is 1.77 bits per heavy atom. The van der Waals surface area contributed by atoms with E-state index in [1.807, 2.05) is 30.3 Å². The number of nitrogens with zero attached hydrogens (tertiary/aromatic N) is 2. The van der Waals surface area contributed by atoms with Crippen molar-refractivity contribution in [3.63, 3.8) is 0 Å². The predicted molar refractivity (Wildman–Crippen MR) is 163 cm³/mol. The zero-order valence-electron chi connectivity index (χ0n) is 24.3. The summed E-state index contributed by atoms with van der Waals surface area (Å²) in [6.07, 6.45) is 2.89. The van der Waals surface area contributed by atoms with Crippen molar-refractivity contribution in [3.05, 3.63) is 107 Å². The van der Waals surface area contributed by atoms with Crippen LogP contribution in [0, 0.1) is 5.92 Å². The number of rotatable bonds is 9. The molecule has 0 fully saturated rings. The largest absolute Gasteiger partial charge is 0.394 e. The van der Waals surface area contributed by atoms with Crippen LogP contribution in [0.5, 0.6) is 0 Å². The smallest absolute Gasteiger partial charge is 0.264 e. The van der Waals surface area contributed by atoms with E-state index in [-0.39, 0.29) is 31.5 Å². The molecule has 2 aliphatic rings. The van der Waals surface area contributed by atoms with Crippen molar-refractivity contribution in [1.29, 1.82) is 0 Å². The minimum absolute atomic E-state index is 0.0730. The lowest BCUT2D eigenvalue weighted by Crippen LogP contribution is -2.46. The van der Waals surface area contributed by atoms with Gasteiger partial charge in [-0.05, 0) is 48.2 Å². The number of para-hydroxylation sites is 1. The minimum atomic E-state index is -1.84. The molecule has 4 atom stereocenters. The van der Waals surface area contributed by atoms with E-state index in [4.69, 9.17) is 0 Å². The number of hydrogen-bond acceptors (Lipinski definition) is 6. The van der Waals surface area contributed by atoms with Crippen molar-refractivity contribution in [1.82, 2.24) is 4.90 Å². The second-order valence-electron chi connectivity index (χ2n) is 11.3. The molecule has 0 aromatic heterocycles. The Labute approximate surface area is 251 Å². The number of hydrogen-bond donors (Lipinski definition) is 4. The van der Waals surface area contributed by atoms with E-state index in [0.29, 0.717) is 29.9 Å². The number of aliphatic hydroxyl groups is 3. The maximum absolute atomic E-state index is 13.9. The van der Waals surface area contributed by atoms with Crippen molar-refractivity contribution in [2.45, 2.75) is 57.5 Å². The molecule has 4 N–H and O–H groups in total. The Kier molecular flexibility index (Phi) is 8.77. The number of anilines is 2. The molecule has 2 aliphatic heterocycles. The van der Waals surface area contributed by atoms with Gasteiger partial charge in [0.15, 0.2) is 5.60 Å². The molecule has 43 heavy (non-hydrogen) atoms. The zero-order chi connectivity index (χ0) is 30.7. The van der Waals surface area contributed by atoms with Crippen LogP contribution in [0.1, 0.15) is 42.5 Å². The van der Waals surface area contributed by atoms with Gasteiger partial charge in [-0.25, -0.2) is 0 Å². The average Bonchev–Trinajstić information content (AvgIpc) is 3.23. The summed E-state index contributed by atoms with van der Waals surface area (Å²) in [5.74, 6) is -1.80. The van der Waals surface area contributed by atoms with Crippen LogP contribution >= 0.6 is 0 Å². The number of carbonyl (C=O) groups excluding carboxylic acids is 3. The monoisotopic (exact) mass is 583 g/mol. The topological polar surface area (TPSA) is 130 Å². The third-order valence-electron chi connectivity index (χ3n) is 8.35.